The van der Waals surface area contributed by atoms with Crippen molar-refractivity contribution in [2.75, 3.05) is 13.1 Å². The van der Waals surface area contributed by atoms with Crippen molar-refractivity contribution in [1.29, 1.82) is 0 Å². The molecule has 1 aliphatic carbocycles. The van der Waals surface area contributed by atoms with Crippen molar-refractivity contribution < 1.29 is 9.90 Å². The summed E-state index contributed by atoms with van der Waals surface area (Å²) in [7, 11) is 0. The van der Waals surface area contributed by atoms with Crippen LogP contribution >= 0.6 is 0 Å². The van der Waals surface area contributed by atoms with Gasteiger partial charge in [0.1, 0.15) is 5.54 Å². The number of aliphatic carboxylic acids is 1. The van der Waals surface area contributed by atoms with Crippen LogP contribution in [0.3, 0.4) is 0 Å². The van der Waals surface area contributed by atoms with Crippen LogP contribution in [0.1, 0.15) is 31.1 Å². The second-order valence-electron chi connectivity index (χ2n) is 5.19. The lowest BCUT2D eigenvalue weighted by Gasteiger charge is -2.19. The number of nitrogens with zero attached hydrogens (tertiary/aromatic N) is 5. The van der Waals surface area contributed by atoms with Gasteiger partial charge >= 0.3 is 5.97 Å². The molecule has 1 aromatic heterocycles. The van der Waals surface area contributed by atoms with E-state index < -0.39 is 11.5 Å². The Morgan fingerprint density at radius 1 is 1.56 bits per heavy atom. The van der Waals surface area contributed by atoms with E-state index in [1.807, 2.05) is 9.58 Å². The maximum Gasteiger partial charge on any atom is 0.325 e. The van der Waals surface area contributed by atoms with Gasteiger partial charge < -0.3 is 10.8 Å². The quantitative estimate of drug-likeness (QED) is 0.706. The molecule has 1 aliphatic heterocycles. The second-order valence-corrected chi connectivity index (χ2v) is 5.19. The van der Waals surface area contributed by atoms with Crippen LogP contribution < -0.4 is 5.73 Å². The number of tetrazole rings is 1. The Bertz CT molecular complexity index is 471. The first-order valence-corrected chi connectivity index (χ1v) is 6.10. The molecule has 98 valence electrons. The van der Waals surface area contributed by atoms with Crippen LogP contribution in [0.15, 0.2) is 0 Å². The summed E-state index contributed by atoms with van der Waals surface area (Å²) < 4.78 is 1.84. The summed E-state index contributed by atoms with van der Waals surface area (Å²) in [6.07, 6.45) is 2.70. The summed E-state index contributed by atoms with van der Waals surface area (Å²) in [5.74, 6) is -0.140. The van der Waals surface area contributed by atoms with Crippen LogP contribution in [-0.4, -0.2) is 54.8 Å². The molecule has 8 nitrogen and oxygen atoms in total. The Labute approximate surface area is 104 Å². The lowest BCUT2D eigenvalue weighted by atomic mass is 10.0. The van der Waals surface area contributed by atoms with E-state index in [-0.39, 0.29) is 0 Å². The standard InChI is InChI=1S/C10H16N6O2/c11-10(9(17)18)3-4-15(6-10)5-8-12-13-14-16(8)7-1-2-7/h7H,1-6,11H2,(H,17,18). The maximum atomic E-state index is 11.1. The van der Waals surface area contributed by atoms with Gasteiger partial charge in [0, 0.05) is 13.1 Å². The number of carbonyl (C=O) groups is 1. The molecule has 1 unspecified atom stereocenters. The van der Waals surface area contributed by atoms with Crippen molar-refractivity contribution in [3.63, 3.8) is 0 Å². The van der Waals surface area contributed by atoms with Gasteiger partial charge in [-0.1, -0.05) is 0 Å². The minimum Gasteiger partial charge on any atom is -0.480 e. The molecule has 8 heteroatoms. The average molecular weight is 252 g/mol. The fraction of sp³-hybridized carbons (Fsp3) is 0.800. The first-order chi connectivity index (χ1) is 8.58. The molecule has 3 N–H and O–H groups in total. The molecule has 0 radical (unpaired) electrons. The fourth-order valence-corrected chi connectivity index (χ4v) is 2.34. The summed E-state index contributed by atoms with van der Waals surface area (Å²) in [5, 5.41) is 20.7. The van der Waals surface area contributed by atoms with Crippen molar-refractivity contribution in [3.05, 3.63) is 5.82 Å². The van der Waals surface area contributed by atoms with Gasteiger partial charge in [-0.2, -0.15) is 0 Å². The second kappa shape index (κ2) is 3.99. The molecule has 0 aromatic carbocycles. The zero-order valence-corrected chi connectivity index (χ0v) is 9.99. The number of carboxylic acids is 1. The molecule has 2 aliphatic rings. The molecule has 0 spiro atoms. The predicted molar refractivity (Wildman–Crippen MR) is 60.5 cm³/mol. The smallest absolute Gasteiger partial charge is 0.325 e. The molecule has 18 heavy (non-hydrogen) atoms. The molecule has 2 heterocycles. The van der Waals surface area contributed by atoms with Crippen LogP contribution in [-0.2, 0) is 11.3 Å². The molecule has 1 saturated heterocycles. The van der Waals surface area contributed by atoms with E-state index in [4.69, 9.17) is 10.8 Å². The van der Waals surface area contributed by atoms with Crippen LogP contribution in [0.25, 0.3) is 0 Å². The number of nitrogens with two attached hydrogens (primary N) is 1. The third kappa shape index (κ3) is 1.97. The topological polar surface area (TPSA) is 110 Å². The Kier molecular flexibility index (Phi) is 2.56. The van der Waals surface area contributed by atoms with Gasteiger partial charge in [0.05, 0.1) is 12.6 Å². The largest absolute Gasteiger partial charge is 0.480 e. The van der Waals surface area contributed by atoms with E-state index >= 15 is 0 Å². The SMILES string of the molecule is NC1(C(=O)O)CCN(Cc2nnnn2C2CC2)C1. The van der Waals surface area contributed by atoms with Gasteiger partial charge in [-0.3, -0.25) is 9.69 Å². The zero-order chi connectivity index (χ0) is 12.8. The molecular formula is C10H16N6O2. The lowest BCUT2D eigenvalue weighted by Crippen LogP contribution is -2.50. The number of likely N-dealkylation sites (tertiary alicyclic amines) is 1. The molecular weight excluding hydrogens is 236 g/mol. The zero-order valence-electron chi connectivity index (χ0n) is 9.99. The van der Waals surface area contributed by atoms with E-state index in [1.165, 1.54) is 0 Å². The van der Waals surface area contributed by atoms with E-state index in [0.717, 1.165) is 18.7 Å². The number of hydrogen-bond acceptors (Lipinski definition) is 6. The van der Waals surface area contributed by atoms with Gasteiger partial charge in [0.2, 0.25) is 0 Å². The molecule has 0 amide bonds. The predicted octanol–water partition coefficient (Wildman–Crippen LogP) is -1.00. The fourth-order valence-electron chi connectivity index (χ4n) is 2.34. The van der Waals surface area contributed by atoms with Gasteiger partial charge in [-0.05, 0) is 29.7 Å². The van der Waals surface area contributed by atoms with Crippen molar-refractivity contribution in [1.82, 2.24) is 25.1 Å². The monoisotopic (exact) mass is 252 g/mol. The van der Waals surface area contributed by atoms with E-state index in [9.17, 15) is 4.79 Å². The van der Waals surface area contributed by atoms with Crippen LogP contribution in [0.4, 0.5) is 0 Å². The Morgan fingerprint density at radius 3 is 2.94 bits per heavy atom. The van der Waals surface area contributed by atoms with Crippen LogP contribution in [0, 0.1) is 0 Å². The molecule has 3 rings (SSSR count). The summed E-state index contributed by atoms with van der Waals surface area (Å²) in [5.41, 5.74) is 4.70. The van der Waals surface area contributed by atoms with Gasteiger partial charge in [-0.25, -0.2) is 4.68 Å². The highest BCUT2D eigenvalue weighted by Gasteiger charge is 2.41. The number of rotatable bonds is 4. The van der Waals surface area contributed by atoms with Crippen LogP contribution in [0.2, 0.25) is 0 Å². The van der Waals surface area contributed by atoms with Crippen molar-refractivity contribution in [2.24, 2.45) is 5.73 Å². The van der Waals surface area contributed by atoms with Crippen molar-refractivity contribution in [2.45, 2.75) is 37.4 Å². The normalized spacial score (nSPS) is 28.7. The summed E-state index contributed by atoms with van der Waals surface area (Å²) >= 11 is 0. The van der Waals surface area contributed by atoms with Gasteiger partial charge in [0.15, 0.2) is 5.82 Å². The van der Waals surface area contributed by atoms with Crippen molar-refractivity contribution >= 4 is 5.97 Å². The first kappa shape index (κ1) is 11.5. The lowest BCUT2D eigenvalue weighted by molar-refractivity contribution is -0.142. The summed E-state index contributed by atoms with van der Waals surface area (Å²) in [6.45, 7) is 1.58. The van der Waals surface area contributed by atoms with E-state index in [2.05, 4.69) is 15.5 Å². The molecule has 1 saturated carbocycles. The Hall–Kier alpha value is -1.54. The molecule has 0 bridgehead atoms. The third-order valence-corrected chi connectivity index (χ3v) is 3.62. The van der Waals surface area contributed by atoms with Gasteiger partial charge in [0.25, 0.3) is 0 Å². The number of carboxylic acid groups (broad SMARTS) is 1. The minimum atomic E-state index is -1.13. The molecule has 1 aromatic rings. The highest BCUT2D eigenvalue weighted by atomic mass is 16.4. The summed E-state index contributed by atoms with van der Waals surface area (Å²) in [4.78, 5) is 13.1. The molecule has 2 fully saturated rings. The van der Waals surface area contributed by atoms with Crippen LogP contribution in [0.5, 0.6) is 0 Å². The first-order valence-electron chi connectivity index (χ1n) is 6.10. The average Bonchev–Trinajstić information content (AvgIpc) is 2.95. The number of aromatic nitrogens is 4. The minimum absolute atomic E-state index is 0.347. The Morgan fingerprint density at radius 2 is 2.33 bits per heavy atom. The van der Waals surface area contributed by atoms with Crippen molar-refractivity contribution in [3.8, 4) is 0 Å². The molecule has 1 atom stereocenters. The highest BCUT2D eigenvalue weighted by Crippen LogP contribution is 2.34. The Balaban J connectivity index is 1.67. The van der Waals surface area contributed by atoms with Gasteiger partial charge in [-0.15, -0.1) is 5.10 Å². The number of hydrogen-bond donors (Lipinski definition) is 2. The maximum absolute atomic E-state index is 11.1. The van der Waals surface area contributed by atoms with E-state index in [0.29, 0.717) is 32.1 Å². The summed E-state index contributed by atoms with van der Waals surface area (Å²) in [6, 6.07) is 0.430. The third-order valence-electron chi connectivity index (χ3n) is 3.62. The highest BCUT2D eigenvalue weighted by molar-refractivity contribution is 5.79. The van der Waals surface area contributed by atoms with E-state index in [1.54, 1.807) is 0 Å².